The van der Waals surface area contributed by atoms with Crippen molar-refractivity contribution < 1.29 is 0 Å². The largest absolute Gasteiger partial charge is 0.335 e. The highest BCUT2D eigenvalue weighted by Crippen LogP contribution is 2.30. The van der Waals surface area contributed by atoms with Crippen LogP contribution in [0.5, 0.6) is 0 Å². The van der Waals surface area contributed by atoms with Crippen LogP contribution in [0.1, 0.15) is 37.5 Å². The number of nitrogens with zero attached hydrogens (tertiary/aromatic N) is 2. The lowest BCUT2D eigenvalue weighted by Gasteiger charge is -2.17. The maximum Gasteiger partial charge on any atom is 0.106 e. The van der Waals surface area contributed by atoms with Crippen molar-refractivity contribution in [3.05, 3.63) is 23.3 Å². The normalized spacial score (nSPS) is 19.1. The second kappa shape index (κ2) is 2.97. The minimum atomic E-state index is 0.314. The van der Waals surface area contributed by atoms with E-state index in [9.17, 15) is 0 Å². The zero-order chi connectivity index (χ0) is 10.3. The van der Waals surface area contributed by atoms with Gasteiger partial charge < -0.3 is 4.57 Å². The predicted octanol–water partition coefficient (Wildman–Crippen LogP) is 2.71. The van der Waals surface area contributed by atoms with Crippen LogP contribution < -0.4 is 0 Å². The highest BCUT2D eigenvalue weighted by atomic mass is 15.1. The lowest BCUT2D eigenvalue weighted by atomic mass is 9.88. The smallest absolute Gasteiger partial charge is 0.106 e. The fourth-order valence-corrected chi connectivity index (χ4v) is 1.94. The summed E-state index contributed by atoms with van der Waals surface area (Å²) in [6, 6.07) is 0. The first-order chi connectivity index (χ1) is 6.49. The molecule has 1 aliphatic carbocycles. The summed E-state index contributed by atoms with van der Waals surface area (Å²) in [5, 5.41) is 0. The van der Waals surface area contributed by atoms with Crippen molar-refractivity contribution in [3.8, 4) is 0 Å². The third-order valence-corrected chi connectivity index (χ3v) is 3.17. The average Bonchev–Trinajstić information content (AvgIpc) is 2.27. The molecule has 0 aliphatic heterocycles. The van der Waals surface area contributed by atoms with Gasteiger partial charge in [-0.15, -0.1) is 0 Å². The van der Waals surface area contributed by atoms with Gasteiger partial charge in [0.2, 0.25) is 0 Å². The van der Waals surface area contributed by atoms with E-state index in [-0.39, 0.29) is 0 Å². The third kappa shape index (κ3) is 1.49. The molecule has 0 N–H and O–H groups in total. The molecule has 2 rings (SSSR count). The van der Waals surface area contributed by atoms with E-state index in [0.29, 0.717) is 5.41 Å². The molecule has 1 aliphatic rings. The van der Waals surface area contributed by atoms with Gasteiger partial charge in [0.15, 0.2) is 0 Å². The van der Waals surface area contributed by atoms with Crippen LogP contribution in [-0.4, -0.2) is 9.55 Å². The molecule has 2 heteroatoms. The zero-order valence-electron chi connectivity index (χ0n) is 9.46. The van der Waals surface area contributed by atoms with Crippen LogP contribution >= 0.6 is 0 Å². The van der Waals surface area contributed by atoms with E-state index in [4.69, 9.17) is 0 Å². The van der Waals surface area contributed by atoms with E-state index in [1.807, 2.05) is 0 Å². The van der Waals surface area contributed by atoms with Crippen molar-refractivity contribution in [3.63, 3.8) is 0 Å². The van der Waals surface area contributed by atoms with E-state index in [1.165, 1.54) is 12.1 Å². The van der Waals surface area contributed by atoms with E-state index in [1.54, 1.807) is 0 Å². The Labute approximate surface area is 85.7 Å². The van der Waals surface area contributed by atoms with E-state index >= 15 is 0 Å². The van der Waals surface area contributed by atoms with Crippen molar-refractivity contribution in [2.45, 2.75) is 33.6 Å². The van der Waals surface area contributed by atoms with Crippen LogP contribution in [-0.2, 0) is 13.5 Å². The Morgan fingerprint density at radius 2 is 2.14 bits per heavy atom. The molecular weight excluding hydrogens is 172 g/mol. The van der Waals surface area contributed by atoms with E-state index < -0.39 is 0 Å². The minimum absolute atomic E-state index is 0.314. The second-order valence-corrected chi connectivity index (χ2v) is 4.87. The summed E-state index contributed by atoms with van der Waals surface area (Å²) in [7, 11) is 2.10. The molecule has 1 heterocycles. The lowest BCUT2D eigenvalue weighted by molar-refractivity contribution is 0.438. The summed E-state index contributed by atoms with van der Waals surface area (Å²) in [4.78, 5) is 4.55. The van der Waals surface area contributed by atoms with Gasteiger partial charge in [-0.3, -0.25) is 0 Å². The number of hydrogen-bond donors (Lipinski definition) is 0. The summed E-state index contributed by atoms with van der Waals surface area (Å²) in [5.74, 6) is 1.11. The highest BCUT2D eigenvalue weighted by molar-refractivity contribution is 5.50. The Kier molecular flexibility index (Phi) is 2.02. The predicted molar refractivity (Wildman–Crippen MR) is 59.1 cm³/mol. The van der Waals surface area contributed by atoms with Crippen molar-refractivity contribution >= 4 is 6.08 Å². The molecule has 0 atom stereocenters. The summed E-state index contributed by atoms with van der Waals surface area (Å²) in [6.07, 6.45) is 6.79. The third-order valence-electron chi connectivity index (χ3n) is 3.17. The van der Waals surface area contributed by atoms with Gasteiger partial charge >= 0.3 is 0 Å². The quantitative estimate of drug-likeness (QED) is 0.615. The van der Waals surface area contributed by atoms with E-state index in [0.717, 1.165) is 17.9 Å². The SMILES string of the molecule is Cc1nc2c(n1C)CCC(C)(C)C=C2. The number of hydrogen-bond acceptors (Lipinski definition) is 1. The van der Waals surface area contributed by atoms with Gasteiger partial charge in [0, 0.05) is 12.7 Å². The highest BCUT2D eigenvalue weighted by Gasteiger charge is 2.20. The molecule has 2 nitrogen and oxygen atoms in total. The molecule has 14 heavy (non-hydrogen) atoms. The molecule has 0 bridgehead atoms. The summed E-state index contributed by atoms with van der Waals surface area (Å²) >= 11 is 0. The monoisotopic (exact) mass is 190 g/mol. The summed E-state index contributed by atoms with van der Waals surface area (Å²) in [6.45, 7) is 6.62. The molecule has 0 amide bonds. The second-order valence-electron chi connectivity index (χ2n) is 4.87. The zero-order valence-corrected chi connectivity index (χ0v) is 9.46. The molecule has 0 saturated carbocycles. The van der Waals surface area contributed by atoms with Gasteiger partial charge in [-0.25, -0.2) is 4.98 Å². The Morgan fingerprint density at radius 1 is 1.43 bits per heavy atom. The average molecular weight is 190 g/mol. The van der Waals surface area contributed by atoms with Crippen molar-refractivity contribution in [1.82, 2.24) is 9.55 Å². The van der Waals surface area contributed by atoms with Crippen molar-refractivity contribution in [2.24, 2.45) is 12.5 Å². The van der Waals surface area contributed by atoms with Crippen LogP contribution in [0.25, 0.3) is 6.08 Å². The van der Waals surface area contributed by atoms with Gasteiger partial charge in [0.1, 0.15) is 5.82 Å². The number of aromatic nitrogens is 2. The molecule has 0 saturated heterocycles. The molecule has 0 spiro atoms. The van der Waals surface area contributed by atoms with Crippen LogP contribution in [0.2, 0.25) is 0 Å². The Bertz CT molecular complexity index is 383. The number of fused-ring (bicyclic) bond motifs is 1. The summed E-state index contributed by atoms with van der Waals surface area (Å²) in [5.41, 5.74) is 2.86. The van der Waals surface area contributed by atoms with Gasteiger partial charge in [-0.05, 0) is 31.3 Å². The fourth-order valence-electron chi connectivity index (χ4n) is 1.94. The van der Waals surface area contributed by atoms with E-state index in [2.05, 4.69) is 49.5 Å². The maximum atomic E-state index is 4.55. The number of rotatable bonds is 0. The fraction of sp³-hybridized carbons (Fsp3) is 0.583. The van der Waals surface area contributed by atoms with Crippen LogP contribution in [0.3, 0.4) is 0 Å². The number of aryl methyl sites for hydroxylation is 1. The lowest BCUT2D eigenvalue weighted by Crippen LogP contribution is -2.08. The van der Waals surface area contributed by atoms with Crippen LogP contribution in [0, 0.1) is 12.3 Å². The first-order valence-electron chi connectivity index (χ1n) is 5.21. The summed E-state index contributed by atoms with van der Waals surface area (Å²) < 4.78 is 2.21. The van der Waals surface area contributed by atoms with Crippen LogP contribution in [0.4, 0.5) is 0 Å². The van der Waals surface area contributed by atoms with Gasteiger partial charge in [-0.1, -0.05) is 19.9 Å². The molecule has 1 aromatic heterocycles. The molecule has 76 valence electrons. The van der Waals surface area contributed by atoms with Gasteiger partial charge in [0.25, 0.3) is 0 Å². The Morgan fingerprint density at radius 3 is 2.86 bits per heavy atom. The Hall–Kier alpha value is -1.05. The molecular formula is C12H18N2. The van der Waals surface area contributed by atoms with Gasteiger partial charge in [-0.2, -0.15) is 0 Å². The number of allylic oxidation sites excluding steroid dienone is 1. The first kappa shape index (κ1) is 9.50. The van der Waals surface area contributed by atoms with Crippen molar-refractivity contribution in [1.29, 1.82) is 0 Å². The van der Waals surface area contributed by atoms with Crippen molar-refractivity contribution in [2.75, 3.05) is 0 Å². The minimum Gasteiger partial charge on any atom is -0.335 e. The molecule has 0 radical (unpaired) electrons. The topological polar surface area (TPSA) is 17.8 Å². The standard InChI is InChI=1S/C12H18N2/c1-9-13-10-5-7-12(2,3)8-6-11(10)14(9)4/h5,7H,6,8H2,1-4H3. The molecule has 0 aromatic carbocycles. The number of imidazole rings is 1. The van der Waals surface area contributed by atoms with Gasteiger partial charge in [0.05, 0.1) is 5.69 Å². The first-order valence-corrected chi connectivity index (χ1v) is 5.21. The molecule has 1 aromatic rings. The van der Waals surface area contributed by atoms with Crippen LogP contribution in [0.15, 0.2) is 6.08 Å². The maximum absolute atomic E-state index is 4.55. The molecule has 0 fully saturated rings. The Balaban J connectivity index is 2.45. The molecule has 0 unspecified atom stereocenters.